The summed E-state index contributed by atoms with van der Waals surface area (Å²) in [5.41, 5.74) is 0. The van der Waals surface area contributed by atoms with Gasteiger partial charge in [0.2, 0.25) is 0 Å². The van der Waals surface area contributed by atoms with E-state index < -0.39 is 6.10 Å². The molecule has 6 nitrogen and oxygen atoms in total. The quantitative estimate of drug-likeness (QED) is 0.706. The van der Waals surface area contributed by atoms with E-state index in [4.69, 9.17) is 0 Å². The third kappa shape index (κ3) is 5.23. The van der Waals surface area contributed by atoms with Crippen LogP contribution in [0.3, 0.4) is 0 Å². The van der Waals surface area contributed by atoms with E-state index in [1.54, 1.807) is 6.20 Å². The van der Waals surface area contributed by atoms with Gasteiger partial charge in [-0.3, -0.25) is 4.79 Å². The zero-order valence-corrected chi connectivity index (χ0v) is 14.2. The Hall–Kier alpha value is -1.18. The summed E-state index contributed by atoms with van der Waals surface area (Å²) in [6.45, 7) is 8.00. The van der Waals surface area contributed by atoms with Crippen LogP contribution in [0.15, 0.2) is 6.20 Å². The molecule has 2 heterocycles. The largest absolute Gasteiger partial charge is 0.390 e. The fourth-order valence-electron chi connectivity index (χ4n) is 2.52. The number of aliphatic hydroxyl groups is 1. The molecular formula is C15H26N4O2S. The average molecular weight is 326 g/mol. The van der Waals surface area contributed by atoms with Crippen molar-refractivity contribution in [1.29, 1.82) is 0 Å². The predicted octanol–water partition coefficient (Wildman–Crippen LogP) is 1.40. The Morgan fingerprint density at radius 2 is 2.27 bits per heavy atom. The zero-order valence-electron chi connectivity index (χ0n) is 13.3. The van der Waals surface area contributed by atoms with Gasteiger partial charge in [-0.05, 0) is 38.8 Å². The topological polar surface area (TPSA) is 77.5 Å². The fourth-order valence-corrected chi connectivity index (χ4v) is 3.32. The number of aliphatic hydroxyl groups excluding tert-OH is 1. The second kappa shape index (κ2) is 8.45. The molecule has 7 heteroatoms. The van der Waals surface area contributed by atoms with Crippen LogP contribution < -0.4 is 10.6 Å². The number of nitrogens with zero attached hydrogens (tertiary/aromatic N) is 2. The highest BCUT2D eigenvalue weighted by atomic mass is 32.1. The van der Waals surface area contributed by atoms with Gasteiger partial charge in [0.05, 0.1) is 12.3 Å². The summed E-state index contributed by atoms with van der Waals surface area (Å²) in [6, 6.07) is 0. The van der Waals surface area contributed by atoms with Crippen LogP contribution in [0.2, 0.25) is 0 Å². The molecule has 124 valence electrons. The van der Waals surface area contributed by atoms with E-state index in [0.29, 0.717) is 11.4 Å². The Morgan fingerprint density at radius 3 is 2.95 bits per heavy atom. The summed E-state index contributed by atoms with van der Waals surface area (Å²) >= 11 is 1.33. The van der Waals surface area contributed by atoms with Crippen molar-refractivity contribution < 1.29 is 9.90 Å². The Kier molecular flexibility index (Phi) is 6.60. The molecule has 0 bridgehead atoms. The van der Waals surface area contributed by atoms with Crippen LogP contribution in [-0.2, 0) is 0 Å². The first-order chi connectivity index (χ1) is 10.6. The highest BCUT2D eigenvalue weighted by molar-refractivity contribution is 7.17. The third-order valence-electron chi connectivity index (χ3n) is 3.90. The third-order valence-corrected chi connectivity index (χ3v) is 4.85. The van der Waals surface area contributed by atoms with E-state index in [-0.39, 0.29) is 12.5 Å². The monoisotopic (exact) mass is 326 g/mol. The van der Waals surface area contributed by atoms with Crippen LogP contribution in [0.5, 0.6) is 0 Å². The van der Waals surface area contributed by atoms with Gasteiger partial charge in [-0.25, -0.2) is 4.98 Å². The maximum Gasteiger partial charge on any atom is 0.263 e. The summed E-state index contributed by atoms with van der Waals surface area (Å²) in [7, 11) is 0. The molecule has 3 N–H and O–H groups in total. The van der Waals surface area contributed by atoms with Gasteiger partial charge in [0.1, 0.15) is 4.88 Å². The lowest BCUT2D eigenvalue weighted by Crippen LogP contribution is -2.42. The van der Waals surface area contributed by atoms with E-state index in [9.17, 15) is 9.90 Å². The van der Waals surface area contributed by atoms with Crippen LogP contribution in [0.1, 0.15) is 36.4 Å². The van der Waals surface area contributed by atoms with Crippen LogP contribution in [0.4, 0.5) is 5.13 Å². The Bertz CT molecular complexity index is 472. The van der Waals surface area contributed by atoms with Gasteiger partial charge in [0.25, 0.3) is 5.91 Å². The number of anilines is 1. The highest BCUT2D eigenvalue weighted by Crippen LogP contribution is 2.18. The molecule has 1 atom stereocenters. The zero-order chi connectivity index (χ0) is 15.9. The molecule has 1 aliphatic rings. The van der Waals surface area contributed by atoms with Crippen molar-refractivity contribution in [3.8, 4) is 0 Å². The number of amides is 1. The molecule has 1 aromatic rings. The van der Waals surface area contributed by atoms with Crippen LogP contribution >= 0.6 is 11.3 Å². The lowest BCUT2D eigenvalue weighted by Gasteiger charge is -2.31. The summed E-state index contributed by atoms with van der Waals surface area (Å²) in [4.78, 5) is 19.0. The molecule has 0 saturated carbocycles. The number of piperidine rings is 1. The van der Waals surface area contributed by atoms with E-state index in [1.165, 1.54) is 24.2 Å². The molecule has 0 aromatic carbocycles. The Labute approximate surface area is 135 Å². The normalized spacial score (nSPS) is 18.1. The molecule has 22 heavy (non-hydrogen) atoms. The van der Waals surface area contributed by atoms with Gasteiger partial charge in [-0.2, -0.15) is 0 Å². The molecule has 1 saturated heterocycles. The van der Waals surface area contributed by atoms with E-state index >= 15 is 0 Å². The Balaban J connectivity index is 1.70. The maximum atomic E-state index is 12.0. The number of thiazole rings is 1. The summed E-state index contributed by atoms with van der Waals surface area (Å²) < 4.78 is 0. The van der Waals surface area contributed by atoms with Crippen LogP contribution in [0.25, 0.3) is 0 Å². The van der Waals surface area contributed by atoms with Gasteiger partial charge in [0.15, 0.2) is 5.13 Å². The molecule has 1 amide bonds. The van der Waals surface area contributed by atoms with Gasteiger partial charge >= 0.3 is 0 Å². The van der Waals surface area contributed by atoms with E-state index in [1.807, 2.05) is 6.92 Å². The minimum atomic E-state index is -0.529. The summed E-state index contributed by atoms with van der Waals surface area (Å²) in [5, 5.41) is 16.7. The Morgan fingerprint density at radius 1 is 1.55 bits per heavy atom. The first-order valence-electron chi connectivity index (χ1n) is 7.96. The van der Waals surface area contributed by atoms with Crippen molar-refractivity contribution in [2.24, 2.45) is 5.92 Å². The SMILES string of the molecule is CCNc1ncc(C(=O)NCC(O)CN2CCC(C)CC2)s1. The first kappa shape index (κ1) is 17.2. The van der Waals surface area contributed by atoms with E-state index in [2.05, 4.69) is 27.4 Å². The second-order valence-electron chi connectivity index (χ2n) is 5.91. The molecule has 1 aliphatic heterocycles. The second-order valence-corrected chi connectivity index (χ2v) is 6.94. The number of hydrogen-bond acceptors (Lipinski definition) is 6. The molecule has 0 spiro atoms. The van der Waals surface area contributed by atoms with Crippen LogP contribution in [-0.4, -0.2) is 59.7 Å². The molecule has 1 fully saturated rings. The van der Waals surface area contributed by atoms with Crippen molar-refractivity contribution in [3.05, 3.63) is 11.1 Å². The van der Waals surface area contributed by atoms with Crippen molar-refractivity contribution in [3.63, 3.8) is 0 Å². The van der Waals surface area contributed by atoms with Crippen LogP contribution in [0, 0.1) is 5.92 Å². The van der Waals surface area contributed by atoms with Gasteiger partial charge in [0, 0.05) is 19.6 Å². The summed E-state index contributed by atoms with van der Waals surface area (Å²) in [6.07, 6.45) is 3.41. The minimum absolute atomic E-state index is 0.173. The number of hydrogen-bond donors (Lipinski definition) is 3. The van der Waals surface area contributed by atoms with E-state index in [0.717, 1.165) is 30.7 Å². The highest BCUT2D eigenvalue weighted by Gasteiger charge is 2.19. The average Bonchev–Trinajstić information content (AvgIpc) is 2.96. The fraction of sp³-hybridized carbons (Fsp3) is 0.733. The smallest absolute Gasteiger partial charge is 0.263 e. The lowest BCUT2D eigenvalue weighted by molar-refractivity contribution is 0.0797. The lowest BCUT2D eigenvalue weighted by atomic mass is 9.99. The van der Waals surface area contributed by atoms with Crippen molar-refractivity contribution in [2.45, 2.75) is 32.8 Å². The van der Waals surface area contributed by atoms with Gasteiger partial charge < -0.3 is 20.6 Å². The van der Waals surface area contributed by atoms with Crippen molar-refractivity contribution in [2.75, 3.05) is 38.0 Å². The summed E-state index contributed by atoms with van der Waals surface area (Å²) in [5.74, 6) is 0.610. The molecule has 1 aromatic heterocycles. The molecule has 2 rings (SSSR count). The molecule has 1 unspecified atom stereocenters. The standard InChI is InChI=1S/C15H26N4O2S/c1-3-16-15-18-9-13(22-15)14(21)17-8-12(20)10-19-6-4-11(2)5-7-19/h9,11-12,20H,3-8,10H2,1-2H3,(H,16,18)(H,17,21). The number of β-amino-alcohol motifs (C(OH)–C–C–N with tert-alkyl or cyclic N) is 1. The number of carbonyl (C=O) groups excluding carboxylic acids is 1. The number of nitrogens with one attached hydrogen (secondary N) is 2. The maximum absolute atomic E-state index is 12.0. The van der Waals surface area contributed by atoms with Crippen molar-refractivity contribution in [1.82, 2.24) is 15.2 Å². The van der Waals surface area contributed by atoms with Gasteiger partial charge in [-0.15, -0.1) is 0 Å². The minimum Gasteiger partial charge on any atom is -0.390 e. The van der Waals surface area contributed by atoms with Crippen molar-refractivity contribution >= 4 is 22.4 Å². The molecular weight excluding hydrogens is 300 g/mol. The van der Waals surface area contributed by atoms with Gasteiger partial charge in [-0.1, -0.05) is 18.3 Å². The molecule has 0 aliphatic carbocycles. The number of rotatable bonds is 7. The number of carbonyl (C=O) groups is 1. The number of aromatic nitrogens is 1. The molecule has 0 radical (unpaired) electrons. The number of likely N-dealkylation sites (tertiary alicyclic amines) is 1. The first-order valence-corrected chi connectivity index (χ1v) is 8.78. The predicted molar refractivity (Wildman–Crippen MR) is 89.5 cm³/mol.